The average Bonchev–Trinajstić information content (AvgIpc) is 2.67. The Morgan fingerprint density at radius 3 is 2.79 bits per heavy atom. The smallest absolute Gasteiger partial charge is 0.257 e. The van der Waals surface area contributed by atoms with Gasteiger partial charge >= 0.3 is 0 Å². The molecule has 0 spiro atoms. The molecule has 0 saturated carbocycles. The van der Waals surface area contributed by atoms with Crippen molar-refractivity contribution in [3.8, 4) is 11.3 Å². The van der Waals surface area contributed by atoms with Crippen LogP contribution in [0.2, 0.25) is 0 Å². The SMILES string of the molecule is CNC(=O)C1CCCN(C(=O)c2cncnc2-c2ccccc2)C1. The second-order valence-corrected chi connectivity index (χ2v) is 5.86. The second kappa shape index (κ2) is 7.21. The van der Waals surface area contributed by atoms with Crippen molar-refractivity contribution in [1.82, 2.24) is 20.2 Å². The molecule has 6 heteroatoms. The van der Waals surface area contributed by atoms with Crippen LogP contribution in [0.25, 0.3) is 11.3 Å². The monoisotopic (exact) mass is 324 g/mol. The van der Waals surface area contributed by atoms with Gasteiger partial charge in [0.25, 0.3) is 5.91 Å². The van der Waals surface area contributed by atoms with Gasteiger partial charge in [-0.25, -0.2) is 9.97 Å². The van der Waals surface area contributed by atoms with Crippen molar-refractivity contribution < 1.29 is 9.59 Å². The van der Waals surface area contributed by atoms with Gasteiger partial charge in [0.05, 0.1) is 17.2 Å². The Kier molecular flexibility index (Phi) is 4.84. The quantitative estimate of drug-likeness (QED) is 0.933. The number of nitrogens with zero attached hydrogens (tertiary/aromatic N) is 3. The van der Waals surface area contributed by atoms with E-state index in [0.29, 0.717) is 24.3 Å². The van der Waals surface area contributed by atoms with Gasteiger partial charge in [0.2, 0.25) is 5.91 Å². The lowest BCUT2D eigenvalue weighted by atomic mass is 9.96. The Hall–Kier alpha value is -2.76. The molecule has 2 aromatic rings. The van der Waals surface area contributed by atoms with Crippen molar-refractivity contribution in [3.05, 3.63) is 48.4 Å². The van der Waals surface area contributed by atoms with Gasteiger partial charge in [0.15, 0.2) is 0 Å². The predicted octanol–water partition coefficient (Wildman–Crippen LogP) is 1.74. The van der Waals surface area contributed by atoms with Crippen LogP contribution in [0.4, 0.5) is 0 Å². The maximum absolute atomic E-state index is 13.0. The zero-order valence-electron chi connectivity index (χ0n) is 13.6. The van der Waals surface area contributed by atoms with Gasteiger partial charge in [-0.1, -0.05) is 30.3 Å². The van der Waals surface area contributed by atoms with Gasteiger partial charge in [0, 0.05) is 31.9 Å². The van der Waals surface area contributed by atoms with Crippen molar-refractivity contribution in [1.29, 1.82) is 0 Å². The van der Waals surface area contributed by atoms with E-state index in [1.807, 2.05) is 30.3 Å². The topological polar surface area (TPSA) is 75.2 Å². The lowest BCUT2D eigenvalue weighted by Crippen LogP contribution is -2.45. The molecule has 1 unspecified atom stereocenters. The van der Waals surface area contributed by atoms with E-state index in [9.17, 15) is 9.59 Å². The average molecular weight is 324 g/mol. The number of hydrogen-bond acceptors (Lipinski definition) is 4. The van der Waals surface area contributed by atoms with E-state index in [4.69, 9.17) is 0 Å². The summed E-state index contributed by atoms with van der Waals surface area (Å²) in [5.74, 6) is -0.291. The number of hydrogen-bond donors (Lipinski definition) is 1. The van der Waals surface area contributed by atoms with E-state index in [2.05, 4.69) is 15.3 Å². The number of likely N-dealkylation sites (tertiary alicyclic amines) is 1. The summed E-state index contributed by atoms with van der Waals surface area (Å²) in [5.41, 5.74) is 1.97. The third kappa shape index (κ3) is 3.27. The Morgan fingerprint density at radius 2 is 2.04 bits per heavy atom. The Bertz CT molecular complexity index is 733. The number of aromatic nitrogens is 2. The van der Waals surface area contributed by atoms with Gasteiger partial charge in [-0.05, 0) is 12.8 Å². The third-order valence-corrected chi connectivity index (χ3v) is 4.32. The number of benzene rings is 1. The Balaban J connectivity index is 1.87. The van der Waals surface area contributed by atoms with Crippen LogP contribution >= 0.6 is 0 Å². The zero-order valence-corrected chi connectivity index (χ0v) is 13.6. The van der Waals surface area contributed by atoms with E-state index in [1.165, 1.54) is 6.33 Å². The maximum Gasteiger partial charge on any atom is 0.257 e. The van der Waals surface area contributed by atoms with Crippen molar-refractivity contribution in [3.63, 3.8) is 0 Å². The zero-order chi connectivity index (χ0) is 16.9. The molecule has 1 saturated heterocycles. The Labute approximate surface area is 140 Å². The highest BCUT2D eigenvalue weighted by Gasteiger charge is 2.29. The maximum atomic E-state index is 13.0. The van der Waals surface area contributed by atoms with Crippen LogP contribution in [0, 0.1) is 5.92 Å². The molecule has 1 aromatic heterocycles. The van der Waals surface area contributed by atoms with E-state index >= 15 is 0 Å². The molecule has 1 atom stereocenters. The molecule has 1 aliphatic rings. The van der Waals surface area contributed by atoms with Gasteiger partial charge in [-0.3, -0.25) is 9.59 Å². The van der Waals surface area contributed by atoms with Crippen LogP contribution in [-0.4, -0.2) is 46.8 Å². The number of rotatable bonds is 3. The van der Waals surface area contributed by atoms with Crippen LogP contribution in [0.15, 0.2) is 42.9 Å². The van der Waals surface area contributed by atoms with E-state index < -0.39 is 0 Å². The summed E-state index contributed by atoms with van der Waals surface area (Å²) in [4.78, 5) is 34.9. The van der Waals surface area contributed by atoms with Crippen LogP contribution < -0.4 is 5.32 Å². The molecule has 1 aliphatic heterocycles. The first-order valence-corrected chi connectivity index (χ1v) is 8.07. The highest BCUT2D eigenvalue weighted by molar-refractivity contribution is 5.99. The third-order valence-electron chi connectivity index (χ3n) is 4.32. The molecule has 1 fully saturated rings. The summed E-state index contributed by atoms with van der Waals surface area (Å²) >= 11 is 0. The van der Waals surface area contributed by atoms with Crippen molar-refractivity contribution in [2.24, 2.45) is 5.92 Å². The lowest BCUT2D eigenvalue weighted by Gasteiger charge is -2.32. The summed E-state index contributed by atoms with van der Waals surface area (Å²) < 4.78 is 0. The molecule has 3 rings (SSSR count). The summed E-state index contributed by atoms with van der Waals surface area (Å²) in [6, 6.07) is 9.58. The van der Waals surface area contributed by atoms with Crippen molar-refractivity contribution in [2.75, 3.05) is 20.1 Å². The summed E-state index contributed by atoms with van der Waals surface area (Å²) in [7, 11) is 1.63. The predicted molar refractivity (Wildman–Crippen MR) is 90.2 cm³/mol. The van der Waals surface area contributed by atoms with Crippen molar-refractivity contribution in [2.45, 2.75) is 12.8 Å². The molecular formula is C18H20N4O2. The number of piperidine rings is 1. The van der Waals surface area contributed by atoms with Crippen LogP contribution in [0.3, 0.4) is 0 Å². The summed E-state index contributed by atoms with van der Waals surface area (Å²) in [6.45, 7) is 1.08. The molecule has 1 N–H and O–H groups in total. The van der Waals surface area contributed by atoms with E-state index in [0.717, 1.165) is 18.4 Å². The normalized spacial score (nSPS) is 17.4. The van der Waals surface area contributed by atoms with Crippen LogP contribution in [0.1, 0.15) is 23.2 Å². The lowest BCUT2D eigenvalue weighted by molar-refractivity contribution is -0.125. The fourth-order valence-corrected chi connectivity index (χ4v) is 3.06. The number of carbonyl (C=O) groups is 2. The molecule has 124 valence electrons. The minimum absolute atomic E-state index is 0.0138. The molecule has 0 radical (unpaired) electrons. The van der Waals surface area contributed by atoms with Gasteiger partial charge < -0.3 is 10.2 Å². The molecule has 2 heterocycles. The standard InChI is InChI=1S/C18H20N4O2/c1-19-17(23)14-8-5-9-22(11-14)18(24)15-10-20-12-21-16(15)13-6-3-2-4-7-13/h2-4,6-7,10,12,14H,5,8-9,11H2,1H3,(H,19,23). The molecule has 0 bridgehead atoms. The molecule has 1 aromatic carbocycles. The second-order valence-electron chi connectivity index (χ2n) is 5.86. The van der Waals surface area contributed by atoms with Gasteiger partial charge in [-0.2, -0.15) is 0 Å². The summed E-state index contributed by atoms with van der Waals surface area (Å²) in [5, 5.41) is 2.67. The highest BCUT2D eigenvalue weighted by Crippen LogP contribution is 2.24. The first-order valence-electron chi connectivity index (χ1n) is 8.07. The van der Waals surface area contributed by atoms with Crippen LogP contribution in [-0.2, 0) is 4.79 Å². The molecule has 6 nitrogen and oxygen atoms in total. The first-order chi connectivity index (χ1) is 11.7. The number of nitrogens with one attached hydrogen (secondary N) is 1. The molecule has 2 amide bonds. The minimum Gasteiger partial charge on any atom is -0.359 e. The first kappa shape index (κ1) is 16.1. The summed E-state index contributed by atoms with van der Waals surface area (Å²) in [6.07, 6.45) is 4.63. The Morgan fingerprint density at radius 1 is 1.25 bits per heavy atom. The van der Waals surface area contributed by atoms with Crippen molar-refractivity contribution >= 4 is 11.8 Å². The van der Waals surface area contributed by atoms with Crippen LogP contribution in [0.5, 0.6) is 0 Å². The highest BCUT2D eigenvalue weighted by atomic mass is 16.2. The minimum atomic E-state index is -0.155. The molecular weight excluding hydrogens is 304 g/mol. The van der Waals surface area contributed by atoms with E-state index in [-0.39, 0.29) is 17.7 Å². The van der Waals surface area contributed by atoms with E-state index in [1.54, 1.807) is 18.1 Å². The largest absolute Gasteiger partial charge is 0.359 e. The van der Waals surface area contributed by atoms with Gasteiger partial charge in [-0.15, -0.1) is 0 Å². The fraction of sp³-hybridized carbons (Fsp3) is 0.333. The van der Waals surface area contributed by atoms with Gasteiger partial charge in [0.1, 0.15) is 6.33 Å². The number of carbonyl (C=O) groups excluding carboxylic acids is 2. The molecule has 0 aliphatic carbocycles. The fourth-order valence-electron chi connectivity index (χ4n) is 3.06. The number of amides is 2. The molecule has 24 heavy (non-hydrogen) atoms.